The molecule has 1 aromatic rings. The third kappa shape index (κ3) is 1.99. The summed E-state index contributed by atoms with van der Waals surface area (Å²) in [6.07, 6.45) is 0. The van der Waals surface area contributed by atoms with E-state index in [4.69, 9.17) is 0 Å². The SMILES string of the molecule is CN1Cc2ccccccccc2C1=O. The molecule has 0 atom stereocenters. The highest BCUT2D eigenvalue weighted by atomic mass is 16.2. The van der Waals surface area contributed by atoms with E-state index >= 15 is 0 Å². The topological polar surface area (TPSA) is 20.3 Å². The predicted molar refractivity (Wildman–Crippen MR) is 59.9 cm³/mol. The first-order valence-corrected chi connectivity index (χ1v) is 4.96. The Hall–Kier alpha value is -1.83. The lowest BCUT2D eigenvalue weighted by molar-refractivity contribution is 0.0816. The number of rotatable bonds is 0. The average Bonchev–Trinajstić information content (AvgIpc) is 2.51. The molecule has 0 bridgehead atoms. The normalized spacial score (nSPS) is 13.4. The summed E-state index contributed by atoms with van der Waals surface area (Å²) < 4.78 is 0. The van der Waals surface area contributed by atoms with Gasteiger partial charge in [0.15, 0.2) is 0 Å². The number of amides is 1. The monoisotopic (exact) mass is 199 g/mol. The van der Waals surface area contributed by atoms with Crippen molar-refractivity contribution in [1.29, 1.82) is 0 Å². The first-order valence-electron chi connectivity index (χ1n) is 4.96. The van der Waals surface area contributed by atoms with Gasteiger partial charge in [-0.15, -0.1) is 0 Å². The smallest absolute Gasteiger partial charge is 0.254 e. The van der Waals surface area contributed by atoms with Gasteiger partial charge in [0.25, 0.3) is 5.91 Å². The van der Waals surface area contributed by atoms with Crippen LogP contribution in [0.3, 0.4) is 0 Å². The van der Waals surface area contributed by atoms with Crippen molar-refractivity contribution in [2.45, 2.75) is 6.54 Å². The van der Waals surface area contributed by atoms with Crippen LogP contribution in [0.1, 0.15) is 15.9 Å². The highest BCUT2D eigenvalue weighted by Crippen LogP contribution is 2.18. The number of carbonyl (C=O) groups is 1. The van der Waals surface area contributed by atoms with Gasteiger partial charge in [-0.25, -0.2) is 0 Å². The van der Waals surface area contributed by atoms with E-state index in [1.54, 1.807) is 4.90 Å². The van der Waals surface area contributed by atoms with Crippen molar-refractivity contribution in [3.05, 3.63) is 59.7 Å². The van der Waals surface area contributed by atoms with Crippen LogP contribution in [0.2, 0.25) is 0 Å². The predicted octanol–water partition coefficient (Wildman–Crippen LogP) is 2.40. The fourth-order valence-electron chi connectivity index (χ4n) is 1.66. The third-order valence-electron chi connectivity index (χ3n) is 2.45. The fourth-order valence-corrected chi connectivity index (χ4v) is 1.66. The summed E-state index contributed by atoms with van der Waals surface area (Å²) in [4.78, 5) is 13.5. The van der Waals surface area contributed by atoms with Crippen molar-refractivity contribution in [3.63, 3.8) is 0 Å². The van der Waals surface area contributed by atoms with Crippen LogP contribution in [0.15, 0.2) is 48.5 Å². The molecule has 76 valence electrons. The number of hydrogen-bond donors (Lipinski definition) is 0. The summed E-state index contributed by atoms with van der Waals surface area (Å²) in [7, 11) is 1.82. The summed E-state index contributed by atoms with van der Waals surface area (Å²) in [5.74, 6) is 0.101. The molecule has 0 N–H and O–H groups in total. The number of fused-ring (bicyclic) bond motifs is 1. The van der Waals surface area contributed by atoms with Gasteiger partial charge in [0, 0.05) is 19.2 Å². The molecule has 1 aliphatic rings. The Bertz CT molecular complexity index is 438. The zero-order chi connectivity index (χ0) is 10.7. The molecule has 0 aliphatic carbocycles. The van der Waals surface area contributed by atoms with Crippen molar-refractivity contribution < 1.29 is 4.79 Å². The Morgan fingerprint density at radius 1 is 1.00 bits per heavy atom. The molecule has 0 saturated carbocycles. The highest BCUT2D eigenvalue weighted by Gasteiger charge is 2.21. The zero-order valence-electron chi connectivity index (χ0n) is 8.68. The summed E-state index contributed by atoms with van der Waals surface area (Å²) in [6, 6.07) is 15.5. The molecule has 15 heavy (non-hydrogen) atoms. The number of carbonyl (C=O) groups excluding carboxylic acids is 1. The van der Waals surface area contributed by atoms with Crippen LogP contribution in [-0.2, 0) is 6.54 Å². The Labute approximate surface area is 89.5 Å². The van der Waals surface area contributed by atoms with Gasteiger partial charge < -0.3 is 4.90 Å². The Kier molecular flexibility index (Phi) is 2.68. The lowest BCUT2D eigenvalue weighted by atomic mass is 10.2. The van der Waals surface area contributed by atoms with E-state index in [9.17, 15) is 4.79 Å². The first kappa shape index (κ1) is 9.71. The van der Waals surface area contributed by atoms with Gasteiger partial charge in [-0.05, 0) is 11.6 Å². The average molecular weight is 199 g/mol. The maximum Gasteiger partial charge on any atom is 0.254 e. The fraction of sp³-hybridized carbons (Fsp3) is 0.154. The van der Waals surface area contributed by atoms with Crippen LogP contribution in [-0.4, -0.2) is 17.9 Å². The molecule has 0 unspecified atom stereocenters. The molecule has 2 heteroatoms. The maximum absolute atomic E-state index is 11.7. The van der Waals surface area contributed by atoms with E-state index < -0.39 is 0 Å². The molecule has 2 rings (SSSR count). The van der Waals surface area contributed by atoms with Gasteiger partial charge in [0.2, 0.25) is 0 Å². The van der Waals surface area contributed by atoms with Gasteiger partial charge in [-0.1, -0.05) is 42.5 Å². The minimum atomic E-state index is 0.101. The summed E-state index contributed by atoms with van der Waals surface area (Å²) >= 11 is 0. The first-order chi connectivity index (χ1) is 7.29. The Morgan fingerprint density at radius 2 is 1.60 bits per heavy atom. The highest BCUT2D eigenvalue weighted by molar-refractivity contribution is 5.97. The lowest BCUT2D eigenvalue weighted by Crippen LogP contribution is -2.17. The van der Waals surface area contributed by atoms with Crippen molar-refractivity contribution >= 4 is 5.91 Å². The van der Waals surface area contributed by atoms with Crippen LogP contribution in [0.25, 0.3) is 0 Å². The quantitative estimate of drug-likeness (QED) is 0.628. The standard InChI is InChI=1S/C13H13NO/c1-14-10-11-8-6-4-2-3-5-7-9-12(11)13(14)15/h2-9H,10H2,1H3. The Morgan fingerprint density at radius 3 is 2.33 bits per heavy atom. The summed E-state index contributed by atoms with van der Waals surface area (Å²) in [5.41, 5.74) is 1.88. The van der Waals surface area contributed by atoms with Crippen LogP contribution in [0.5, 0.6) is 0 Å². The minimum absolute atomic E-state index is 0.101. The van der Waals surface area contributed by atoms with Crippen LogP contribution in [0, 0.1) is 0 Å². The Balaban J connectivity index is 2.59. The second-order valence-electron chi connectivity index (χ2n) is 3.59. The van der Waals surface area contributed by atoms with Crippen molar-refractivity contribution in [1.82, 2.24) is 4.90 Å². The van der Waals surface area contributed by atoms with E-state index in [1.807, 2.05) is 55.6 Å². The molecule has 2 nitrogen and oxygen atoms in total. The van der Waals surface area contributed by atoms with Crippen LogP contribution < -0.4 is 0 Å². The van der Waals surface area contributed by atoms with Crippen molar-refractivity contribution in [2.75, 3.05) is 7.05 Å². The van der Waals surface area contributed by atoms with Gasteiger partial charge in [0.1, 0.15) is 0 Å². The molecule has 0 saturated heterocycles. The number of nitrogens with zero attached hydrogens (tertiary/aromatic N) is 1. The van der Waals surface area contributed by atoms with Gasteiger partial charge in [-0.2, -0.15) is 0 Å². The molecule has 1 aliphatic heterocycles. The molecular formula is C13H13NO. The minimum Gasteiger partial charge on any atom is -0.337 e. The summed E-state index contributed by atoms with van der Waals surface area (Å²) in [5, 5.41) is 0. The lowest BCUT2D eigenvalue weighted by Gasteiger charge is -2.04. The van der Waals surface area contributed by atoms with Gasteiger partial charge in [-0.3, -0.25) is 4.79 Å². The molecular weight excluding hydrogens is 186 g/mol. The summed E-state index contributed by atoms with van der Waals surface area (Å²) in [6.45, 7) is 0.701. The van der Waals surface area contributed by atoms with Crippen LogP contribution >= 0.6 is 0 Å². The third-order valence-corrected chi connectivity index (χ3v) is 2.45. The maximum atomic E-state index is 11.7. The van der Waals surface area contributed by atoms with Gasteiger partial charge >= 0.3 is 0 Å². The number of hydrogen-bond acceptors (Lipinski definition) is 1. The second kappa shape index (κ2) is 4.13. The van der Waals surface area contributed by atoms with E-state index in [0.29, 0.717) is 6.54 Å². The van der Waals surface area contributed by atoms with E-state index in [1.165, 1.54) is 0 Å². The van der Waals surface area contributed by atoms with Crippen LogP contribution in [0.4, 0.5) is 0 Å². The van der Waals surface area contributed by atoms with Gasteiger partial charge in [0.05, 0.1) is 0 Å². The molecule has 0 fully saturated rings. The second-order valence-corrected chi connectivity index (χ2v) is 3.59. The van der Waals surface area contributed by atoms with E-state index in [2.05, 4.69) is 0 Å². The molecule has 1 heterocycles. The molecule has 0 spiro atoms. The molecule has 0 aromatic heterocycles. The molecule has 1 amide bonds. The van der Waals surface area contributed by atoms with E-state index in [0.717, 1.165) is 11.1 Å². The largest absolute Gasteiger partial charge is 0.337 e. The molecule has 0 radical (unpaired) electrons. The molecule has 1 aromatic carbocycles. The van der Waals surface area contributed by atoms with Crippen molar-refractivity contribution in [3.8, 4) is 0 Å². The van der Waals surface area contributed by atoms with E-state index in [-0.39, 0.29) is 5.91 Å². The zero-order valence-corrected chi connectivity index (χ0v) is 8.68. The van der Waals surface area contributed by atoms with Crippen molar-refractivity contribution in [2.24, 2.45) is 0 Å².